The van der Waals surface area contributed by atoms with Crippen LogP contribution in [-0.4, -0.2) is 34.3 Å². The van der Waals surface area contributed by atoms with Crippen LogP contribution in [0.15, 0.2) is 106 Å². The van der Waals surface area contributed by atoms with Gasteiger partial charge in [-0.2, -0.15) is 0 Å². The summed E-state index contributed by atoms with van der Waals surface area (Å²) in [6, 6.07) is 28.6. The predicted octanol–water partition coefficient (Wildman–Crippen LogP) is 7.67. The van der Waals surface area contributed by atoms with Crippen LogP contribution in [0.4, 0.5) is 5.00 Å². The summed E-state index contributed by atoms with van der Waals surface area (Å²) in [7, 11) is 1.32. The van der Waals surface area contributed by atoms with Gasteiger partial charge < -0.3 is 10.1 Å². The fourth-order valence-corrected chi connectivity index (χ4v) is 7.75. The Kier molecular flexibility index (Phi) is 8.24. The average molecular weight is 624 g/mol. The average Bonchev–Trinajstić information content (AvgIpc) is 3.61. The zero-order valence-electron chi connectivity index (χ0n) is 23.2. The number of anilines is 1. The van der Waals surface area contributed by atoms with Gasteiger partial charge in [-0.1, -0.05) is 90.6 Å². The van der Waals surface area contributed by atoms with Crippen molar-refractivity contribution in [1.29, 1.82) is 0 Å². The molecule has 3 heterocycles. The third-order valence-electron chi connectivity index (χ3n) is 6.80. The molecule has 10 heteroatoms. The number of carbonyl (C=O) groups excluding carboxylic acids is 2. The standard InChI is InChI=1S/C33H25N3O4S3/c1-20-26(22-14-8-4-9-15-22)28-30(43-20)35-33(36(31(28)38)23-16-10-5-11-17-23)42-19-25(37)34-29-27(32(39)40-2)24(18-41-29)21-12-6-3-7-13-21/h3-18H,19H2,1-2H3,(H,34,37). The number of hydrogen-bond acceptors (Lipinski definition) is 8. The van der Waals surface area contributed by atoms with Gasteiger partial charge in [0, 0.05) is 21.4 Å². The number of thiophene rings is 2. The Hall–Kier alpha value is -4.51. The normalized spacial score (nSPS) is 11.0. The highest BCUT2D eigenvalue weighted by Gasteiger charge is 2.24. The lowest BCUT2D eigenvalue weighted by Crippen LogP contribution is -2.23. The van der Waals surface area contributed by atoms with Crippen molar-refractivity contribution in [2.75, 3.05) is 18.2 Å². The maximum atomic E-state index is 14.1. The first-order valence-corrected chi connectivity index (χ1v) is 16.0. The first kappa shape index (κ1) is 28.6. The number of aromatic nitrogens is 2. The second-order valence-corrected chi connectivity index (χ2v) is 12.5. The summed E-state index contributed by atoms with van der Waals surface area (Å²) in [5.41, 5.74) is 4.14. The number of nitrogens with zero attached hydrogens (tertiary/aromatic N) is 2. The van der Waals surface area contributed by atoms with Gasteiger partial charge in [0.05, 0.1) is 23.9 Å². The monoisotopic (exact) mass is 623 g/mol. The van der Waals surface area contributed by atoms with Crippen LogP contribution in [0.5, 0.6) is 0 Å². The number of methoxy groups -OCH3 is 1. The molecule has 0 aliphatic rings. The van der Waals surface area contributed by atoms with Crippen molar-refractivity contribution < 1.29 is 14.3 Å². The van der Waals surface area contributed by atoms with E-state index in [1.165, 1.54) is 41.5 Å². The van der Waals surface area contributed by atoms with Crippen molar-refractivity contribution >= 4 is 61.5 Å². The minimum atomic E-state index is -0.532. The molecule has 214 valence electrons. The molecule has 6 aromatic rings. The van der Waals surface area contributed by atoms with Gasteiger partial charge in [0.2, 0.25) is 5.91 Å². The number of amides is 1. The van der Waals surface area contributed by atoms with Crippen LogP contribution in [0.1, 0.15) is 15.2 Å². The topological polar surface area (TPSA) is 90.3 Å². The number of aryl methyl sites for hydroxylation is 1. The number of para-hydroxylation sites is 1. The summed E-state index contributed by atoms with van der Waals surface area (Å²) in [6.07, 6.45) is 0. The van der Waals surface area contributed by atoms with Gasteiger partial charge in [-0.15, -0.1) is 22.7 Å². The van der Waals surface area contributed by atoms with E-state index >= 15 is 0 Å². The zero-order valence-corrected chi connectivity index (χ0v) is 25.6. The van der Waals surface area contributed by atoms with Crippen molar-refractivity contribution in [3.05, 3.63) is 117 Å². The van der Waals surface area contributed by atoms with Crippen LogP contribution >= 0.6 is 34.4 Å². The Balaban J connectivity index is 1.35. The Bertz CT molecular complexity index is 2000. The maximum absolute atomic E-state index is 14.1. The molecule has 0 aliphatic carbocycles. The molecular weight excluding hydrogens is 599 g/mol. The van der Waals surface area contributed by atoms with Crippen LogP contribution in [0, 0.1) is 6.92 Å². The van der Waals surface area contributed by atoms with Gasteiger partial charge in [-0.25, -0.2) is 9.78 Å². The molecule has 0 saturated carbocycles. The van der Waals surface area contributed by atoms with Crippen molar-refractivity contribution in [3.63, 3.8) is 0 Å². The molecule has 6 rings (SSSR count). The van der Waals surface area contributed by atoms with Crippen LogP contribution in [0.3, 0.4) is 0 Å². The van der Waals surface area contributed by atoms with E-state index < -0.39 is 5.97 Å². The highest BCUT2D eigenvalue weighted by Crippen LogP contribution is 2.38. The lowest BCUT2D eigenvalue weighted by Gasteiger charge is -2.13. The van der Waals surface area contributed by atoms with Crippen molar-refractivity contribution in [2.45, 2.75) is 12.1 Å². The molecule has 0 aliphatic heterocycles. The van der Waals surface area contributed by atoms with Crippen molar-refractivity contribution in [2.24, 2.45) is 0 Å². The van der Waals surface area contributed by atoms with E-state index in [0.29, 0.717) is 37.2 Å². The minimum Gasteiger partial charge on any atom is -0.465 e. The summed E-state index contributed by atoms with van der Waals surface area (Å²) in [4.78, 5) is 46.6. The highest BCUT2D eigenvalue weighted by molar-refractivity contribution is 7.99. The molecule has 3 aromatic heterocycles. The number of hydrogen-bond donors (Lipinski definition) is 1. The quantitative estimate of drug-likeness (QED) is 0.106. The van der Waals surface area contributed by atoms with Gasteiger partial charge in [0.15, 0.2) is 5.16 Å². The lowest BCUT2D eigenvalue weighted by molar-refractivity contribution is -0.113. The zero-order chi connectivity index (χ0) is 29.9. The fraction of sp³-hybridized carbons (Fsp3) is 0.0909. The number of carbonyl (C=O) groups is 2. The number of fused-ring (bicyclic) bond motifs is 1. The van der Waals surface area contributed by atoms with Crippen molar-refractivity contribution in [3.8, 4) is 27.9 Å². The molecule has 0 atom stereocenters. The number of nitrogens with one attached hydrogen (secondary N) is 1. The molecule has 7 nitrogen and oxygen atoms in total. The molecule has 3 aromatic carbocycles. The summed E-state index contributed by atoms with van der Waals surface area (Å²) < 4.78 is 6.60. The second-order valence-electron chi connectivity index (χ2n) is 9.50. The van der Waals surface area contributed by atoms with E-state index in [-0.39, 0.29) is 17.2 Å². The number of thioether (sulfide) groups is 1. The molecule has 0 unspecified atom stereocenters. The van der Waals surface area contributed by atoms with Gasteiger partial charge >= 0.3 is 5.97 Å². The van der Waals surface area contributed by atoms with Gasteiger partial charge in [-0.3, -0.25) is 14.2 Å². The molecule has 1 N–H and O–H groups in total. The molecular formula is C33H25N3O4S3. The number of benzene rings is 3. The maximum Gasteiger partial charge on any atom is 0.341 e. The Morgan fingerprint density at radius 1 is 0.930 bits per heavy atom. The molecule has 43 heavy (non-hydrogen) atoms. The van der Waals surface area contributed by atoms with E-state index in [2.05, 4.69) is 5.32 Å². The van der Waals surface area contributed by atoms with Crippen molar-refractivity contribution in [1.82, 2.24) is 9.55 Å². The van der Waals surface area contributed by atoms with E-state index in [4.69, 9.17) is 9.72 Å². The third-order valence-corrected chi connectivity index (χ3v) is 9.63. The second kappa shape index (κ2) is 12.4. The lowest BCUT2D eigenvalue weighted by atomic mass is 10.0. The number of rotatable bonds is 8. The molecule has 0 fully saturated rings. The third kappa shape index (κ3) is 5.64. The number of esters is 1. The Morgan fingerprint density at radius 2 is 1.56 bits per heavy atom. The summed E-state index contributed by atoms with van der Waals surface area (Å²) in [5, 5.41) is 6.07. The fourth-order valence-electron chi connectivity index (χ4n) is 4.87. The van der Waals surface area contributed by atoms with Crippen LogP contribution < -0.4 is 10.9 Å². The van der Waals surface area contributed by atoms with E-state index in [1.807, 2.05) is 103 Å². The summed E-state index contributed by atoms with van der Waals surface area (Å²) in [5.74, 6) is -0.895. The first-order valence-electron chi connectivity index (χ1n) is 13.3. The first-order chi connectivity index (χ1) is 21.0. The molecule has 0 saturated heterocycles. The van der Waals surface area contributed by atoms with Crippen LogP contribution in [-0.2, 0) is 9.53 Å². The van der Waals surface area contributed by atoms with Gasteiger partial charge in [0.1, 0.15) is 15.4 Å². The Labute approximate surface area is 259 Å². The highest BCUT2D eigenvalue weighted by atomic mass is 32.2. The molecule has 0 bridgehead atoms. The Morgan fingerprint density at radius 3 is 2.21 bits per heavy atom. The SMILES string of the molecule is COC(=O)c1c(-c2ccccc2)csc1NC(=O)CSc1nc2sc(C)c(-c3ccccc3)c2c(=O)n1-c1ccccc1. The minimum absolute atomic E-state index is 0.0279. The van der Waals surface area contributed by atoms with Gasteiger partial charge in [-0.05, 0) is 30.2 Å². The number of ether oxygens (including phenoxy) is 1. The molecule has 0 radical (unpaired) electrons. The van der Waals surface area contributed by atoms with Crippen LogP contribution in [0.25, 0.3) is 38.2 Å². The van der Waals surface area contributed by atoms with E-state index in [1.54, 1.807) is 4.57 Å². The van der Waals surface area contributed by atoms with E-state index in [9.17, 15) is 14.4 Å². The molecule has 0 spiro atoms. The summed E-state index contributed by atoms with van der Waals surface area (Å²) >= 11 is 3.89. The van der Waals surface area contributed by atoms with Crippen LogP contribution in [0.2, 0.25) is 0 Å². The summed E-state index contributed by atoms with van der Waals surface area (Å²) in [6.45, 7) is 1.99. The molecule has 1 amide bonds. The van der Waals surface area contributed by atoms with E-state index in [0.717, 1.165) is 21.6 Å². The largest absolute Gasteiger partial charge is 0.465 e. The smallest absolute Gasteiger partial charge is 0.341 e. The predicted molar refractivity (Wildman–Crippen MR) is 176 cm³/mol. The van der Waals surface area contributed by atoms with Gasteiger partial charge in [0.25, 0.3) is 5.56 Å².